The average Bonchev–Trinajstić information content (AvgIpc) is 2.51. The first kappa shape index (κ1) is 14.1. The zero-order valence-electron chi connectivity index (χ0n) is 8.73. The summed E-state index contributed by atoms with van der Waals surface area (Å²) in [6.45, 7) is 6.18. The van der Waals surface area contributed by atoms with E-state index in [0.717, 1.165) is 4.60 Å². The first-order valence-corrected chi connectivity index (χ1v) is 5.54. The van der Waals surface area contributed by atoms with Crippen LogP contribution in [0.3, 0.4) is 0 Å². The summed E-state index contributed by atoms with van der Waals surface area (Å²) in [7, 11) is 0. The van der Waals surface area contributed by atoms with Crippen LogP contribution in [0.15, 0.2) is 16.9 Å². The van der Waals surface area contributed by atoms with Gasteiger partial charge in [0.15, 0.2) is 0 Å². The van der Waals surface area contributed by atoms with Crippen molar-refractivity contribution in [2.75, 3.05) is 0 Å². The maximum Gasteiger partial charge on any atom is 0.0796 e. The van der Waals surface area contributed by atoms with Crippen LogP contribution in [0.2, 0.25) is 0 Å². The minimum Gasteiger partial charge on any atom is -0.315 e. The van der Waals surface area contributed by atoms with Crippen molar-refractivity contribution in [2.24, 2.45) is 0 Å². The maximum atomic E-state index is 4.20. The van der Waals surface area contributed by atoms with Crippen molar-refractivity contribution in [1.29, 1.82) is 0 Å². The number of rotatable bonds is 0. The van der Waals surface area contributed by atoms with E-state index in [-0.39, 0.29) is 19.5 Å². The third-order valence-corrected chi connectivity index (χ3v) is 2.62. The number of aryl methyl sites for hydroxylation is 1. The smallest absolute Gasteiger partial charge is 0.0796 e. The molecule has 0 saturated carbocycles. The van der Waals surface area contributed by atoms with Crippen molar-refractivity contribution in [3.8, 4) is 0 Å². The predicted octanol–water partition coefficient (Wildman–Crippen LogP) is 3.76. The number of nitrogens with zero attached hydrogens (tertiary/aromatic N) is 1. The van der Waals surface area contributed by atoms with E-state index in [1.807, 2.05) is 20.0 Å². The Kier molecular flexibility index (Phi) is 6.64. The fraction of sp³-hybridized carbons (Fsp3) is 0.455. The van der Waals surface area contributed by atoms with E-state index in [9.17, 15) is 0 Å². The van der Waals surface area contributed by atoms with E-state index in [0.29, 0.717) is 0 Å². The van der Waals surface area contributed by atoms with E-state index in [1.54, 1.807) is 0 Å². The van der Waals surface area contributed by atoms with E-state index in [2.05, 4.69) is 33.9 Å². The molecule has 2 rings (SSSR count). The van der Waals surface area contributed by atoms with Crippen molar-refractivity contribution in [1.82, 2.24) is 4.98 Å². The Morgan fingerprint density at radius 2 is 2.07 bits per heavy atom. The van der Waals surface area contributed by atoms with Crippen LogP contribution in [0, 0.1) is 5.92 Å². The van der Waals surface area contributed by atoms with E-state index < -0.39 is 0 Å². The van der Waals surface area contributed by atoms with Crippen molar-refractivity contribution in [2.45, 2.75) is 33.6 Å². The fourth-order valence-corrected chi connectivity index (χ4v) is 1.89. The summed E-state index contributed by atoms with van der Waals surface area (Å²) >= 11 is 3.36. The molecular formula is C11H15BrNRh-. The molecule has 1 nitrogen and oxygen atoms in total. The first-order chi connectivity index (χ1) is 6.27. The molecule has 1 aromatic heterocycles. The summed E-state index contributed by atoms with van der Waals surface area (Å²) in [6.07, 6.45) is 4.34. The van der Waals surface area contributed by atoms with Gasteiger partial charge in [0.2, 0.25) is 0 Å². The number of fused-ring (bicyclic) bond motifs is 1. The van der Waals surface area contributed by atoms with Gasteiger partial charge in [0.1, 0.15) is 0 Å². The minimum absolute atomic E-state index is 0. The normalized spacial score (nSPS) is 12.4. The molecule has 14 heavy (non-hydrogen) atoms. The Bertz CT molecular complexity index is 289. The van der Waals surface area contributed by atoms with Gasteiger partial charge in [-0.2, -0.15) is 11.5 Å². The molecule has 1 aromatic rings. The molecule has 0 unspecified atom stereocenters. The zero-order valence-corrected chi connectivity index (χ0v) is 12.0. The van der Waals surface area contributed by atoms with Crippen molar-refractivity contribution < 1.29 is 19.5 Å². The Hall–Kier alpha value is 0.123. The average molecular weight is 344 g/mol. The van der Waals surface area contributed by atoms with Gasteiger partial charge < -0.3 is 4.98 Å². The Balaban J connectivity index is 0.000000531. The van der Waals surface area contributed by atoms with Crippen molar-refractivity contribution in [3.63, 3.8) is 0 Å². The summed E-state index contributed by atoms with van der Waals surface area (Å²) in [5.74, 6) is 1.47. The molecule has 0 aliphatic heterocycles. The molecule has 1 heterocycles. The van der Waals surface area contributed by atoms with Crippen LogP contribution in [-0.4, -0.2) is 4.98 Å². The van der Waals surface area contributed by atoms with Gasteiger partial charge >= 0.3 is 0 Å². The number of aromatic nitrogens is 1. The summed E-state index contributed by atoms with van der Waals surface area (Å²) in [6, 6.07) is 2.12. The topological polar surface area (TPSA) is 12.9 Å². The maximum absolute atomic E-state index is 4.20. The van der Waals surface area contributed by atoms with Crippen LogP contribution in [0.4, 0.5) is 0 Å². The number of hydrogen-bond donors (Lipinski definition) is 0. The summed E-state index contributed by atoms with van der Waals surface area (Å²) in [5, 5.41) is 0. The standard InChI is InChI=1S/C9H9BrN.C2H6.Rh/c1-6-2-3-7-4-9(10)11-5-8(6)7;1-2;/h4-5H,2-3H2,1H3;1-2H3;/q-1;;. The molecule has 0 bridgehead atoms. The third kappa shape index (κ3) is 3.06. The molecule has 0 amide bonds. The Morgan fingerprint density at radius 1 is 1.43 bits per heavy atom. The van der Waals surface area contributed by atoms with Crippen LogP contribution in [0.25, 0.3) is 0 Å². The predicted molar refractivity (Wildman–Crippen MR) is 59.6 cm³/mol. The largest absolute Gasteiger partial charge is 0.315 e. The quantitative estimate of drug-likeness (QED) is 0.397. The van der Waals surface area contributed by atoms with Crippen LogP contribution >= 0.6 is 15.9 Å². The molecule has 0 fully saturated rings. The van der Waals surface area contributed by atoms with Crippen LogP contribution in [0.1, 0.15) is 38.3 Å². The molecule has 0 N–H and O–H groups in total. The van der Waals surface area contributed by atoms with Crippen LogP contribution in [0.5, 0.6) is 0 Å². The van der Waals surface area contributed by atoms with Gasteiger partial charge in [-0.15, -0.1) is 5.56 Å². The van der Waals surface area contributed by atoms with Gasteiger partial charge in [-0.25, -0.2) is 0 Å². The Labute approximate surface area is 108 Å². The molecule has 81 valence electrons. The fourth-order valence-electron chi connectivity index (χ4n) is 1.52. The van der Waals surface area contributed by atoms with Gasteiger partial charge in [-0.3, -0.25) is 0 Å². The molecule has 1 aliphatic rings. The monoisotopic (exact) mass is 343 g/mol. The van der Waals surface area contributed by atoms with E-state index in [4.69, 9.17) is 0 Å². The van der Waals surface area contributed by atoms with Crippen molar-refractivity contribution >= 4 is 15.9 Å². The van der Waals surface area contributed by atoms with Crippen LogP contribution < -0.4 is 0 Å². The second-order valence-electron chi connectivity index (χ2n) is 2.94. The second-order valence-corrected chi connectivity index (χ2v) is 3.76. The van der Waals surface area contributed by atoms with Gasteiger partial charge in [0.25, 0.3) is 0 Å². The molecule has 1 aliphatic carbocycles. The van der Waals surface area contributed by atoms with Gasteiger partial charge in [-0.05, 0) is 15.9 Å². The third-order valence-electron chi connectivity index (χ3n) is 2.19. The Morgan fingerprint density at radius 3 is 2.71 bits per heavy atom. The SMILES string of the molecule is CC.C[C-]1CCc2cc(Br)ncc21.[Rh]. The second kappa shape index (κ2) is 6.58. The number of pyridine rings is 1. The zero-order chi connectivity index (χ0) is 9.84. The van der Waals surface area contributed by atoms with Crippen LogP contribution in [-0.2, 0) is 25.9 Å². The van der Waals surface area contributed by atoms with Gasteiger partial charge in [0, 0.05) is 19.5 Å². The first-order valence-electron chi connectivity index (χ1n) is 4.74. The molecule has 1 radical (unpaired) electrons. The summed E-state index contributed by atoms with van der Waals surface area (Å²) in [5.41, 5.74) is 2.79. The molecule has 0 aromatic carbocycles. The molecule has 0 spiro atoms. The molecule has 0 saturated heterocycles. The van der Waals surface area contributed by atoms with Crippen molar-refractivity contribution in [3.05, 3.63) is 33.9 Å². The van der Waals surface area contributed by atoms with E-state index >= 15 is 0 Å². The summed E-state index contributed by atoms with van der Waals surface area (Å²) < 4.78 is 0.950. The van der Waals surface area contributed by atoms with Gasteiger partial charge in [-0.1, -0.05) is 45.9 Å². The molecular weight excluding hydrogens is 329 g/mol. The van der Waals surface area contributed by atoms with E-state index in [1.165, 1.54) is 29.9 Å². The molecule has 3 heteroatoms. The van der Waals surface area contributed by atoms with Gasteiger partial charge in [0.05, 0.1) is 4.60 Å². The minimum atomic E-state index is 0. The number of hydrogen-bond acceptors (Lipinski definition) is 1. The summed E-state index contributed by atoms with van der Waals surface area (Å²) in [4.78, 5) is 4.20. The molecule has 0 atom stereocenters. The number of halogens is 1.